The lowest BCUT2D eigenvalue weighted by Crippen LogP contribution is -2.56. The smallest absolute Gasteiger partial charge is 0.409 e. The molecule has 52 heavy (non-hydrogen) atoms. The van der Waals surface area contributed by atoms with Crippen LogP contribution in [0, 0.1) is 0 Å². The van der Waals surface area contributed by atoms with Gasteiger partial charge in [0, 0.05) is 64.4 Å². The first kappa shape index (κ1) is 38.9. The highest BCUT2D eigenvalue weighted by atomic mass is 31.2. The number of anilines is 1. The molecule has 2 saturated heterocycles. The Balaban J connectivity index is 1.40. The topological polar surface area (TPSA) is 153 Å². The minimum atomic E-state index is -3.31. The quantitative estimate of drug-likeness (QED) is 0.215. The lowest BCUT2D eigenvalue weighted by atomic mass is 10.0. The molecule has 1 aromatic heterocycles. The van der Waals surface area contributed by atoms with E-state index in [2.05, 4.69) is 15.2 Å². The van der Waals surface area contributed by atoms with Gasteiger partial charge in [0.1, 0.15) is 17.6 Å². The first-order valence-corrected chi connectivity index (χ1v) is 19.6. The fraction of sp³-hybridized carbons (Fsp3) is 0.486. The first-order chi connectivity index (χ1) is 25.1. The zero-order valence-electron chi connectivity index (χ0n) is 30.4. The van der Waals surface area contributed by atoms with Gasteiger partial charge in [-0.25, -0.2) is 14.8 Å². The molecule has 280 valence electrons. The number of piperazine rings is 1. The number of hydrogen-bond acceptors (Lipinski definition) is 11. The minimum absolute atomic E-state index is 0.0513. The molecule has 14 nitrogen and oxygen atoms in total. The van der Waals surface area contributed by atoms with Gasteiger partial charge in [0.25, 0.3) is 5.91 Å². The number of carbonyl (C=O) groups excluding carboxylic acids is 3. The van der Waals surface area contributed by atoms with Crippen molar-refractivity contribution >= 4 is 31.3 Å². The molecule has 2 aromatic carbocycles. The number of aromatic nitrogens is 2. The Morgan fingerprint density at radius 3 is 2.13 bits per heavy atom. The van der Waals surface area contributed by atoms with Crippen LogP contribution in [0.4, 0.5) is 10.6 Å². The van der Waals surface area contributed by atoms with E-state index in [4.69, 9.17) is 23.5 Å². The highest BCUT2D eigenvalue weighted by molar-refractivity contribution is 7.53. The molecule has 0 spiro atoms. The van der Waals surface area contributed by atoms with Crippen LogP contribution in [0.15, 0.2) is 60.7 Å². The van der Waals surface area contributed by atoms with Crippen LogP contribution in [-0.2, 0) is 40.5 Å². The molecule has 0 bridgehead atoms. The molecule has 0 saturated carbocycles. The van der Waals surface area contributed by atoms with Gasteiger partial charge in [-0.05, 0) is 38.3 Å². The Hall–Kier alpha value is -4.36. The molecule has 2 atom stereocenters. The summed E-state index contributed by atoms with van der Waals surface area (Å²) in [7, 11) is -1.62. The number of nitrogens with one attached hydrogen (secondary N) is 1. The van der Waals surface area contributed by atoms with E-state index in [0.717, 1.165) is 23.1 Å². The third-order valence-corrected chi connectivity index (χ3v) is 11.0. The van der Waals surface area contributed by atoms with Crippen LogP contribution in [0.1, 0.15) is 48.8 Å². The van der Waals surface area contributed by atoms with Crippen molar-refractivity contribution in [2.45, 2.75) is 51.9 Å². The fourth-order valence-electron chi connectivity index (χ4n) is 6.30. The summed E-state index contributed by atoms with van der Waals surface area (Å²) in [6, 6.07) is 17.5. The van der Waals surface area contributed by atoms with Gasteiger partial charge in [-0.15, -0.1) is 0 Å². The Labute approximate surface area is 305 Å². The maximum absolute atomic E-state index is 14.2. The second kappa shape index (κ2) is 18.4. The van der Waals surface area contributed by atoms with E-state index in [1.54, 1.807) is 43.7 Å². The van der Waals surface area contributed by atoms with Gasteiger partial charge >= 0.3 is 13.7 Å². The van der Waals surface area contributed by atoms with Gasteiger partial charge in [-0.1, -0.05) is 54.6 Å². The number of carbonyl (C=O) groups is 3. The monoisotopic (exact) mass is 736 g/mol. The lowest BCUT2D eigenvalue weighted by molar-refractivity contribution is -0.134. The molecule has 15 heteroatoms. The van der Waals surface area contributed by atoms with Crippen LogP contribution in [0.25, 0.3) is 11.4 Å². The largest absolute Gasteiger partial charge is 0.450 e. The van der Waals surface area contributed by atoms with Crippen molar-refractivity contribution in [3.8, 4) is 11.4 Å². The summed E-state index contributed by atoms with van der Waals surface area (Å²) >= 11 is 0. The maximum Gasteiger partial charge on any atom is 0.409 e. The van der Waals surface area contributed by atoms with Crippen LogP contribution in [-0.4, -0.2) is 116 Å². The van der Waals surface area contributed by atoms with E-state index in [1.165, 1.54) is 0 Å². The molecule has 2 aliphatic rings. The fourth-order valence-corrected chi connectivity index (χ4v) is 8.00. The highest BCUT2D eigenvalue weighted by Crippen LogP contribution is 2.51. The lowest BCUT2D eigenvalue weighted by Gasteiger charge is -2.36. The van der Waals surface area contributed by atoms with Crippen LogP contribution in [0.2, 0.25) is 0 Å². The molecule has 1 N–H and O–H groups in total. The summed E-state index contributed by atoms with van der Waals surface area (Å²) in [6.45, 7) is 8.62. The molecule has 0 aliphatic carbocycles. The summed E-state index contributed by atoms with van der Waals surface area (Å²) in [4.78, 5) is 55.3. The molecule has 3 aromatic rings. The molecule has 2 fully saturated rings. The number of hydrogen-bond donors (Lipinski definition) is 1. The summed E-state index contributed by atoms with van der Waals surface area (Å²) in [6.07, 6.45) is 0.761. The van der Waals surface area contributed by atoms with E-state index in [0.29, 0.717) is 50.9 Å². The first-order valence-electron chi connectivity index (χ1n) is 17.8. The normalized spacial score (nSPS) is 16.8. The summed E-state index contributed by atoms with van der Waals surface area (Å²) in [5.74, 6) is 0.202. The third-order valence-electron chi connectivity index (χ3n) is 8.99. The molecule has 3 heterocycles. The van der Waals surface area contributed by atoms with Crippen molar-refractivity contribution in [3.05, 3.63) is 77.5 Å². The average Bonchev–Trinajstić information content (AvgIpc) is 3.65. The predicted molar refractivity (Wildman–Crippen MR) is 196 cm³/mol. The van der Waals surface area contributed by atoms with E-state index >= 15 is 0 Å². The van der Waals surface area contributed by atoms with Gasteiger partial charge < -0.3 is 38.5 Å². The zero-order valence-corrected chi connectivity index (χ0v) is 31.3. The number of benzene rings is 2. The van der Waals surface area contributed by atoms with E-state index < -0.39 is 25.6 Å². The van der Waals surface area contributed by atoms with Crippen LogP contribution in [0.3, 0.4) is 0 Å². The summed E-state index contributed by atoms with van der Waals surface area (Å²) in [5, 5.41) is 2.98. The van der Waals surface area contributed by atoms with Crippen molar-refractivity contribution in [1.29, 1.82) is 0 Å². The molecule has 5 rings (SSSR count). The maximum atomic E-state index is 14.2. The van der Waals surface area contributed by atoms with Crippen LogP contribution >= 0.6 is 7.60 Å². The van der Waals surface area contributed by atoms with E-state index in [-0.39, 0.29) is 50.1 Å². The second-order valence-electron chi connectivity index (χ2n) is 12.6. The number of ether oxygens (including phenoxy) is 2. The Bertz CT molecular complexity index is 1690. The number of methoxy groups -OCH3 is 1. The standard InChI is InChI=1S/C37H49N6O8P/c1-5-49-37(46)42-21-19-41(20-22-42)36(45)32(23-27-13-15-28(16-14-27)26-52(47,50-6-2)51-7-3)39-35(44)31-24-33(43-18-17-30(25-43)48-4)40-34(38-31)29-11-9-8-10-12-29/h8-16,24,30,32H,5-7,17-23,25-26H2,1-4H3,(H,39,44)/t30-,32-/m0/s1. The summed E-state index contributed by atoms with van der Waals surface area (Å²) in [5.41, 5.74) is 2.43. The average molecular weight is 737 g/mol. The number of nitrogens with zero attached hydrogens (tertiary/aromatic N) is 5. The van der Waals surface area contributed by atoms with Crippen molar-refractivity contribution in [3.63, 3.8) is 0 Å². The SMILES string of the molecule is CCOC(=O)N1CCN(C(=O)[C@H](Cc2ccc(CP(=O)(OCC)OCC)cc2)NC(=O)c2cc(N3CC[C@H](OC)C3)nc(-c3ccccc3)n2)CC1. The van der Waals surface area contributed by atoms with Crippen molar-refractivity contribution in [2.75, 3.05) is 71.1 Å². The van der Waals surface area contributed by atoms with Crippen LogP contribution in [0.5, 0.6) is 0 Å². The van der Waals surface area contributed by atoms with Gasteiger partial charge in [0.15, 0.2) is 5.82 Å². The Morgan fingerprint density at radius 2 is 1.52 bits per heavy atom. The molecule has 0 unspecified atom stereocenters. The minimum Gasteiger partial charge on any atom is -0.450 e. The molecule has 3 amide bonds. The third kappa shape index (κ3) is 10.2. The number of amides is 3. The molecule has 2 aliphatic heterocycles. The molecule has 0 radical (unpaired) electrons. The summed E-state index contributed by atoms with van der Waals surface area (Å²) < 4.78 is 34.8. The van der Waals surface area contributed by atoms with Gasteiger partial charge in [0.05, 0.1) is 32.1 Å². The molecular weight excluding hydrogens is 687 g/mol. The Morgan fingerprint density at radius 1 is 0.865 bits per heavy atom. The predicted octanol–water partition coefficient (Wildman–Crippen LogP) is 4.78. The van der Waals surface area contributed by atoms with Gasteiger partial charge in [0.2, 0.25) is 5.91 Å². The van der Waals surface area contributed by atoms with Crippen molar-refractivity contribution in [1.82, 2.24) is 25.1 Å². The number of rotatable bonds is 15. The van der Waals surface area contributed by atoms with E-state index in [1.807, 2.05) is 54.6 Å². The van der Waals surface area contributed by atoms with Gasteiger partial charge in [-0.2, -0.15) is 0 Å². The second-order valence-corrected chi connectivity index (χ2v) is 14.6. The van der Waals surface area contributed by atoms with E-state index in [9.17, 15) is 18.9 Å². The highest BCUT2D eigenvalue weighted by Gasteiger charge is 2.32. The Kier molecular flexibility index (Phi) is 13.8. The van der Waals surface area contributed by atoms with Crippen LogP contribution < -0.4 is 10.2 Å². The van der Waals surface area contributed by atoms with Gasteiger partial charge in [-0.3, -0.25) is 14.2 Å². The van der Waals surface area contributed by atoms with Crippen molar-refractivity contribution in [2.24, 2.45) is 0 Å². The van der Waals surface area contributed by atoms with Crippen molar-refractivity contribution < 1.29 is 37.5 Å². The zero-order chi connectivity index (χ0) is 37.1. The molecular formula is C37H49N6O8P.